The number of methoxy groups -OCH3 is 2. The third kappa shape index (κ3) is 8.81. The number of carbonyl (C=O) groups is 3. The lowest BCUT2D eigenvalue weighted by molar-refractivity contribution is -0.116. The van der Waals surface area contributed by atoms with E-state index in [1.807, 2.05) is 6.92 Å². The van der Waals surface area contributed by atoms with Gasteiger partial charge >= 0.3 is 0 Å². The van der Waals surface area contributed by atoms with E-state index in [2.05, 4.69) is 16.0 Å². The van der Waals surface area contributed by atoms with Crippen molar-refractivity contribution in [1.29, 1.82) is 0 Å². The molecule has 3 amide bonds. The lowest BCUT2D eigenvalue weighted by atomic mass is 10.1. The van der Waals surface area contributed by atoms with Crippen molar-refractivity contribution in [2.45, 2.75) is 23.5 Å². The molecular weight excluding hydrogens is 652 g/mol. The van der Waals surface area contributed by atoms with Crippen molar-refractivity contribution in [3.8, 4) is 11.5 Å². The Labute approximate surface area is 280 Å². The minimum atomic E-state index is -0.709. The predicted molar refractivity (Wildman–Crippen MR) is 181 cm³/mol. The molecule has 3 N–H and O–H groups in total. The fourth-order valence-electron chi connectivity index (χ4n) is 4.24. The summed E-state index contributed by atoms with van der Waals surface area (Å²) >= 11 is 13.8. The first-order valence-electron chi connectivity index (χ1n) is 14.0. The second-order valence-electron chi connectivity index (χ2n) is 9.69. The van der Waals surface area contributed by atoms with E-state index in [1.165, 1.54) is 50.3 Å². The molecule has 0 aliphatic rings. The largest absolute Gasteiger partial charge is 0.495 e. The van der Waals surface area contributed by atoms with Gasteiger partial charge in [-0.3, -0.25) is 14.4 Å². The number of rotatable bonds is 12. The molecule has 4 rings (SSSR count). The Bertz CT molecular complexity index is 1750. The smallest absolute Gasteiger partial charge is 0.272 e. The Morgan fingerprint density at radius 3 is 2.26 bits per heavy atom. The molecule has 46 heavy (non-hydrogen) atoms. The van der Waals surface area contributed by atoms with Crippen LogP contribution in [0.2, 0.25) is 10.0 Å². The zero-order chi connectivity index (χ0) is 33.2. The van der Waals surface area contributed by atoms with E-state index >= 15 is 0 Å². The summed E-state index contributed by atoms with van der Waals surface area (Å²) in [7, 11) is 2.96. The molecule has 0 aromatic heterocycles. The summed E-state index contributed by atoms with van der Waals surface area (Å²) in [6.45, 7) is 1.88. The van der Waals surface area contributed by atoms with Crippen LogP contribution in [-0.2, 0) is 9.59 Å². The van der Waals surface area contributed by atoms with E-state index in [1.54, 1.807) is 66.7 Å². The summed E-state index contributed by atoms with van der Waals surface area (Å²) < 4.78 is 25.3. The van der Waals surface area contributed by atoms with Crippen LogP contribution in [0.5, 0.6) is 11.5 Å². The normalized spacial score (nSPS) is 11.7. The summed E-state index contributed by atoms with van der Waals surface area (Å²) in [6.07, 6.45) is 1.67. The van der Waals surface area contributed by atoms with Crippen molar-refractivity contribution >= 4 is 70.1 Å². The average molecular weight is 683 g/mol. The zero-order valence-corrected chi connectivity index (χ0v) is 27.4. The summed E-state index contributed by atoms with van der Waals surface area (Å²) in [6, 6.07) is 22.4. The van der Waals surface area contributed by atoms with Crippen LogP contribution in [-0.4, -0.2) is 37.2 Å². The van der Waals surface area contributed by atoms with Gasteiger partial charge in [-0.15, -0.1) is 11.8 Å². The van der Waals surface area contributed by atoms with Crippen LogP contribution in [0.25, 0.3) is 6.08 Å². The van der Waals surface area contributed by atoms with E-state index in [4.69, 9.17) is 32.7 Å². The molecule has 0 aliphatic heterocycles. The monoisotopic (exact) mass is 681 g/mol. The topological polar surface area (TPSA) is 106 Å². The number of nitrogens with one attached hydrogen (secondary N) is 3. The minimum absolute atomic E-state index is 0.0569. The number of ether oxygens (including phenoxy) is 2. The standard InChI is InChI=1S/C34H30Cl2FN3O5S/c1-4-31(34(43)39-27-18-25(36)29(44-2)19-30(27)45-3)46-22-13-8-12-21(16-22)38-33(42)28(17-23-24(35)14-9-15-26(23)37)40-32(41)20-10-6-5-7-11-20/h5-19,31H,4H2,1-3H3,(H,38,42)(H,39,43)(H,40,41)/b28-17+. The molecule has 0 saturated heterocycles. The summed E-state index contributed by atoms with van der Waals surface area (Å²) in [5.74, 6) is -1.42. The quantitative estimate of drug-likeness (QED) is 0.103. The van der Waals surface area contributed by atoms with Crippen molar-refractivity contribution in [3.63, 3.8) is 0 Å². The third-order valence-electron chi connectivity index (χ3n) is 6.58. The molecule has 4 aromatic rings. The molecule has 4 aromatic carbocycles. The van der Waals surface area contributed by atoms with Crippen LogP contribution in [0, 0.1) is 5.82 Å². The highest BCUT2D eigenvalue weighted by molar-refractivity contribution is 8.00. The molecule has 8 nitrogen and oxygen atoms in total. The first-order chi connectivity index (χ1) is 22.1. The molecule has 0 fully saturated rings. The van der Waals surface area contributed by atoms with Gasteiger partial charge in [0, 0.05) is 27.8 Å². The van der Waals surface area contributed by atoms with Crippen LogP contribution < -0.4 is 25.4 Å². The first kappa shape index (κ1) is 34.4. The van der Waals surface area contributed by atoms with Gasteiger partial charge in [0.25, 0.3) is 11.8 Å². The molecule has 1 unspecified atom stereocenters. The Morgan fingerprint density at radius 2 is 1.59 bits per heavy atom. The Morgan fingerprint density at radius 1 is 0.870 bits per heavy atom. The zero-order valence-electron chi connectivity index (χ0n) is 25.0. The lowest BCUT2D eigenvalue weighted by Gasteiger charge is -2.18. The third-order valence-corrected chi connectivity index (χ3v) is 8.57. The summed E-state index contributed by atoms with van der Waals surface area (Å²) in [5, 5.41) is 8.05. The average Bonchev–Trinajstić information content (AvgIpc) is 3.05. The maximum atomic E-state index is 14.6. The highest BCUT2D eigenvalue weighted by Gasteiger charge is 2.22. The summed E-state index contributed by atoms with van der Waals surface area (Å²) in [4.78, 5) is 40.4. The molecule has 1 atom stereocenters. The number of anilines is 2. The summed E-state index contributed by atoms with van der Waals surface area (Å²) in [5.41, 5.74) is 0.798. The Hall–Kier alpha value is -4.51. The Kier molecular flexibility index (Phi) is 12.1. The van der Waals surface area contributed by atoms with E-state index in [0.29, 0.717) is 44.8 Å². The Balaban J connectivity index is 1.53. The van der Waals surface area contributed by atoms with Gasteiger partial charge in [0.15, 0.2) is 0 Å². The molecule has 0 spiro atoms. The van der Waals surface area contributed by atoms with Crippen molar-refractivity contribution in [1.82, 2.24) is 5.32 Å². The van der Waals surface area contributed by atoms with E-state index in [0.717, 1.165) is 0 Å². The number of hydrogen-bond donors (Lipinski definition) is 3. The molecule has 0 aliphatic carbocycles. The van der Waals surface area contributed by atoms with Crippen LogP contribution in [0.1, 0.15) is 29.3 Å². The van der Waals surface area contributed by atoms with Gasteiger partial charge in [0.05, 0.1) is 35.2 Å². The number of benzene rings is 4. The first-order valence-corrected chi connectivity index (χ1v) is 15.6. The highest BCUT2D eigenvalue weighted by atomic mass is 35.5. The van der Waals surface area contributed by atoms with Crippen LogP contribution in [0.15, 0.2) is 95.5 Å². The number of thioether (sulfide) groups is 1. The van der Waals surface area contributed by atoms with Gasteiger partial charge in [-0.1, -0.05) is 60.5 Å². The molecule has 12 heteroatoms. The minimum Gasteiger partial charge on any atom is -0.495 e. The molecule has 0 radical (unpaired) electrons. The van der Waals surface area contributed by atoms with Gasteiger partial charge in [-0.25, -0.2) is 4.39 Å². The molecule has 238 valence electrons. The number of carbonyl (C=O) groups excluding carboxylic acids is 3. The SMILES string of the molecule is CCC(Sc1cccc(NC(=O)/C(=C\c2c(F)cccc2Cl)NC(=O)c2ccccc2)c1)C(=O)Nc1cc(Cl)c(OC)cc1OC. The van der Waals surface area contributed by atoms with Gasteiger partial charge in [0.2, 0.25) is 5.91 Å². The number of hydrogen-bond acceptors (Lipinski definition) is 6. The van der Waals surface area contributed by atoms with E-state index in [9.17, 15) is 18.8 Å². The predicted octanol–water partition coefficient (Wildman–Crippen LogP) is 8.07. The van der Waals surface area contributed by atoms with Gasteiger partial charge in [-0.05, 0) is 61.0 Å². The maximum Gasteiger partial charge on any atom is 0.272 e. The lowest BCUT2D eigenvalue weighted by Crippen LogP contribution is -2.30. The second kappa shape index (κ2) is 16.2. The maximum absolute atomic E-state index is 14.6. The van der Waals surface area contributed by atoms with Crippen molar-refractivity contribution in [2.75, 3.05) is 24.9 Å². The van der Waals surface area contributed by atoms with Crippen molar-refractivity contribution < 1.29 is 28.2 Å². The molecule has 0 bridgehead atoms. The van der Waals surface area contributed by atoms with Gasteiger partial charge < -0.3 is 25.4 Å². The van der Waals surface area contributed by atoms with Crippen LogP contribution in [0.4, 0.5) is 15.8 Å². The molecular formula is C34H30Cl2FN3O5S. The highest BCUT2D eigenvalue weighted by Crippen LogP contribution is 2.37. The van der Waals surface area contributed by atoms with E-state index in [-0.39, 0.29) is 22.2 Å². The number of halogens is 3. The van der Waals surface area contributed by atoms with E-state index < -0.39 is 22.9 Å². The molecule has 0 heterocycles. The van der Waals surface area contributed by atoms with Crippen LogP contribution in [0.3, 0.4) is 0 Å². The van der Waals surface area contributed by atoms with Crippen molar-refractivity contribution in [3.05, 3.63) is 118 Å². The number of amides is 3. The molecule has 0 saturated carbocycles. The van der Waals surface area contributed by atoms with Gasteiger partial charge in [-0.2, -0.15) is 0 Å². The van der Waals surface area contributed by atoms with Gasteiger partial charge in [0.1, 0.15) is 23.0 Å². The van der Waals surface area contributed by atoms with Crippen molar-refractivity contribution in [2.24, 2.45) is 0 Å². The van der Waals surface area contributed by atoms with Crippen LogP contribution >= 0.6 is 35.0 Å². The fraction of sp³-hybridized carbons (Fsp3) is 0.147. The second-order valence-corrected chi connectivity index (χ2v) is 11.8. The fourth-order valence-corrected chi connectivity index (χ4v) is 5.71.